The Labute approximate surface area is 114 Å². The summed E-state index contributed by atoms with van der Waals surface area (Å²) in [6, 6.07) is 8.05. The number of aliphatic imine (C=N–C) groups is 1. The van der Waals surface area contributed by atoms with Crippen LogP contribution in [0, 0.1) is 5.41 Å². The first-order chi connectivity index (χ1) is 9.28. The van der Waals surface area contributed by atoms with Crippen LogP contribution in [0.5, 0.6) is 0 Å². The normalized spacial score (nSPS) is 17.4. The molecule has 0 saturated carbocycles. The van der Waals surface area contributed by atoms with Crippen LogP contribution < -0.4 is 0 Å². The average molecular weight is 263 g/mol. The number of benzene rings is 1. The molecule has 1 aliphatic heterocycles. The van der Waals surface area contributed by atoms with E-state index in [1.54, 1.807) is 0 Å². The SMILES string of the molecule is CCc1ccc(N=COOCC2(CC)COC2)cc1. The van der Waals surface area contributed by atoms with E-state index in [0.29, 0.717) is 6.61 Å². The lowest BCUT2D eigenvalue weighted by molar-refractivity contribution is -0.271. The summed E-state index contributed by atoms with van der Waals surface area (Å²) in [5.74, 6) is 0. The van der Waals surface area contributed by atoms with Crippen molar-refractivity contribution in [3.05, 3.63) is 29.8 Å². The lowest BCUT2D eigenvalue weighted by Crippen LogP contribution is -2.45. The highest BCUT2D eigenvalue weighted by Gasteiger charge is 2.37. The molecule has 1 saturated heterocycles. The molecule has 104 valence electrons. The molecule has 0 radical (unpaired) electrons. The number of nitrogens with zero attached hydrogens (tertiary/aromatic N) is 1. The molecule has 1 heterocycles. The molecule has 0 N–H and O–H groups in total. The molecule has 1 fully saturated rings. The van der Waals surface area contributed by atoms with Crippen molar-refractivity contribution in [2.45, 2.75) is 26.7 Å². The van der Waals surface area contributed by atoms with E-state index < -0.39 is 0 Å². The van der Waals surface area contributed by atoms with Gasteiger partial charge in [0, 0.05) is 5.41 Å². The molecule has 0 amide bonds. The quantitative estimate of drug-likeness (QED) is 0.249. The van der Waals surface area contributed by atoms with E-state index in [1.807, 2.05) is 12.1 Å². The molecule has 0 unspecified atom stereocenters. The van der Waals surface area contributed by atoms with Crippen LogP contribution in [-0.4, -0.2) is 26.2 Å². The van der Waals surface area contributed by atoms with Crippen molar-refractivity contribution in [1.29, 1.82) is 0 Å². The second-order valence-corrected chi connectivity index (χ2v) is 4.96. The standard InChI is InChI=1S/C15H21NO3/c1-3-13-5-7-14(8-6-13)16-12-19-18-11-15(4-2)9-17-10-15/h5-8,12H,3-4,9-11H2,1-2H3. The summed E-state index contributed by atoms with van der Waals surface area (Å²) in [4.78, 5) is 14.3. The zero-order valence-corrected chi connectivity index (χ0v) is 11.6. The molecule has 4 nitrogen and oxygen atoms in total. The summed E-state index contributed by atoms with van der Waals surface area (Å²) in [5.41, 5.74) is 2.29. The van der Waals surface area contributed by atoms with Crippen molar-refractivity contribution in [3.8, 4) is 0 Å². The molecule has 0 aliphatic carbocycles. The van der Waals surface area contributed by atoms with Gasteiger partial charge in [-0.2, -0.15) is 4.89 Å². The van der Waals surface area contributed by atoms with Gasteiger partial charge >= 0.3 is 0 Å². The first-order valence-corrected chi connectivity index (χ1v) is 6.75. The minimum Gasteiger partial charge on any atom is -0.380 e. The predicted molar refractivity (Wildman–Crippen MR) is 74.6 cm³/mol. The van der Waals surface area contributed by atoms with Crippen LogP contribution in [0.25, 0.3) is 0 Å². The Bertz CT molecular complexity index is 404. The van der Waals surface area contributed by atoms with E-state index in [-0.39, 0.29) is 5.41 Å². The van der Waals surface area contributed by atoms with Gasteiger partial charge in [-0.3, -0.25) is 0 Å². The Hall–Kier alpha value is -1.39. The highest BCUT2D eigenvalue weighted by molar-refractivity contribution is 5.55. The Balaban J connectivity index is 1.71. The van der Waals surface area contributed by atoms with E-state index in [1.165, 1.54) is 12.0 Å². The molecule has 0 aromatic heterocycles. The van der Waals surface area contributed by atoms with E-state index in [4.69, 9.17) is 14.5 Å². The van der Waals surface area contributed by atoms with Crippen LogP contribution >= 0.6 is 0 Å². The summed E-state index contributed by atoms with van der Waals surface area (Å²) in [7, 11) is 0. The number of hydrogen-bond acceptors (Lipinski definition) is 4. The summed E-state index contributed by atoms with van der Waals surface area (Å²) in [6.07, 6.45) is 3.40. The van der Waals surface area contributed by atoms with Crippen LogP contribution in [0.2, 0.25) is 0 Å². The molecule has 1 aromatic carbocycles. The van der Waals surface area contributed by atoms with Crippen molar-refractivity contribution in [2.24, 2.45) is 10.4 Å². The van der Waals surface area contributed by atoms with E-state index >= 15 is 0 Å². The van der Waals surface area contributed by atoms with Crippen LogP contribution in [-0.2, 0) is 20.9 Å². The highest BCUT2D eigenvalue weighted by Crippen LogP contribution is 2.31. The van der Waals surface area contributed by atoms with Gasteiger partial charge in [0.25, 0.3) is 0 Å². The predicted octanol–water partition coefficient (Wildman–Crippen LogP) is 3.28. The third-order valence-electron chi connectivity index (χ3n) is 3.59. The van der Waals surface area contributed by atoms with Gasteiger partial charge in [0.05, 0.1) is 18.9 Å². The van der Waals surface area contributed by atoms with Crippen molar-refractivity contribution in [2.75, 3.05) is 19.8 Å². The summed E-state index contributed by atoms with van der Waals surface area (Å²) in [6.45, 7) is 6.31. The number of hydrogen-bond donors (Lipinski definition) is 0. The first-order valence-electron chi connectivity index (χ1n) is 6.75. The topological polar surface area (TPSA) is 40.0 Å². The second kappa shape index (κ2) is 6.68. The van der Waals surface area contributed by atoms with E-state index in [9.17, 15) is 0 Å². The fourth-order valence-electron chi connectivity index (χ4n) is 1.87. The average Bonchev–Trinajstić information content (AvgIpc) is 2.42. The monoisotopic (exact) mass is 263 g/mol. The Morgan fingerprint density at radius 1 is 1.26 bits per heavy atom. The zero-order chi connectivity index (χ0) is 13.6. The zero-order valence-electron chi connectivity index (χ0n) is 11.6. The minimum atomic E-state index is 0.136. The van der Waals surface area contributed by atoms with Gasteiger partial charge in [-0.15, -0.1) is 0 Å². The number of ether oxygens (including phenoxy) is 1. The molecular formula is C15H21NO3. The summed E-state index contributed by atoms with van der Waals surface area (Å²) >= 11 is 0. The molecule has 1 aromatic rings. The van der Waals surface area contributed by atoms with Crippen molar-refractivity contribution in [1.82, 2.24) is 0 Å². The summed E-state index contributed by atoms with van der Waals surface area (Å²) < 4.78 is 5.21. The van der Waals surface area contributed by atoms with Gasteiger partial charge in [-0.25, -0.2) is 4.99 Å². The van der Waals surface area contributed by atoms with Crippen LogP contribution in [0.15, 0.2) is 29.3 Å². The molecule has 0 atom stereocenters. The van der Waals surface area contributed by atoms with Gasteiger partial charge in [0.1, 0.15) is 6.61 Å². The van der Waals surface area contributed by atoms with Gasteiger partial charge < -0.3 is 9.62 Å². The lowest BCUT2D eigenvalue weighted by Gasteiger charge is -2.39. The smallest absolute Gasteiger partial charge is 0.219 e. The van der Waals surface area contributed by atoms with E-state index in [0.717, 1.165) is 31.7 Å². The van der Waals surface area contributed by atoms with Crippen molar-refractivity contribution in [3.63, 3.8) is 0 Å². The third kappa shape index (κ3) is 3.78. The van der Waals surface area contributed by atoms with Crippen molar-refractivity contribution < 1.29 is 14.5 Å². The maximum atomic E-state index is 5.21. The molecule has 1 aliphatic rings. The minimum absolute atomic E-state index is 0.136. The molecule has 4 heteroatoms. The Morgan fingerprint density at radius 2 is 2.00 bits per heavy atom. The van der Waals surface area contributed by atoms with Gasteiger partial charge in [0.2, 0.25) is 6.40 Å². The number of rotatable bonds is 7. The van der Waals surface area contributed by atoms with Crippen LogP contribution in [0.3, 0.4) is 0 Å². The van der Waals surface area contributed by atoms with E-state index in [2.05, 4.69) is 31.0 Å². The number of aryl methyl sites for hydroxylation is 1. The van der Waals surface area contributed by atoms with Gasteiger partial charge in [0.15, 0.2) is 0 Å². The molecule has 2 rings (SSSR count). The van der Waals surface area contributed by atoms with Gasteiger partial charge in [-0.05, 0) is 30.5 Å². The Morgan fingerprint density at radius 3 is 2.53 bits per heavy atom. The maximum Gasteiger partial charge on any atom is 0.219 e. The fourth-order valence-corrected chi connectivity index (χ4v) is 1.87. The molecule has 0 bridgehead atoms. The largest absolute Gasteiger partial charge is 0.380 e. The summed E-state index contributed by atoms with van der Waals surface area (Å²) in [5, 5.41) is 0. The van der Waals surface area contributed by atoms with Crippen molar-refractivity contribution >= 4 is 12.1 Å². The van der Waals surface area contributed by atoms with Crippen LogP contribution in [0.4, 0.5) is 5.69 Å². The maximum absolute atomic E-state index is 5.21. The third-order valence-corrected chi connectivity index (χ3v) is 3.59. The molecular weight excluding hydrogens is 242 g/mol. The van der Waals surface area contributed by atoms with Gasteiger partial charge in [-0.1, -0.05) is 26.0 Å². The molecule has 0 spiro atoms. The lowest BCUT2D eigenvalue weighted by atomic mass is 9.84. The Kier molecular flexibility index (Phi) is 4.93. The molecule has 19 heavy (non-hydrogen) atoms. The first kappa shape index (κ1) is 14.0. The fraction of sp³-hybridized carbons (Fsp3) is 0.533. The second-order valence-electron chi connectivity index (χ2n) is 4.96. The van der Waals surface area contributed by atoms with Crippen LogP contribution in [0.1, 0.15) is 25.8 Å². The highest BCUT2D eigenvalue weighted by atomic mass is 17.2.